The molecule has 0 spiro atoms. The first-order chi connectivity index (χ1) is 8.84. The Morgan fingerprint density at radius 3 is 2.72 bits per heavy atom. The van der Waals surface area contributed by atoms with Crippen molar-refractivity contribution in [2.45, 2.75) is 12.3 Å². The molecule has 1 fully saturated rings. The molecule has 92 valence electrons. The van der Waals surface area contributed by atoms with Crippen LogP contribution in [0.3, 0.4) is 0 Å². The maximum absolute atomic E-state index is 5.93. The van der Waals surface area contributed by atoms with Crippen molar-refractivity contribution < 1.29 is 0 Å². The van der Waals surface area contributed by atoms with Gasteiger partial charge in [0.1, 0.15) is 5.82 Å². The Balaban J connectivity index is 1.78. The standard InChI is InChI=1S/C15H17N3/c16-15-14(7-4-9-17-15)18-10-8-13(11-18)12-5-2-1-3-6-12/h1-7,9,13H,8,10-11H2,(H2,16,17). The Morgan fingerprint density at radius 2 is 1.94 bits per heavy atom. The second-order valence-electron chi connectivity index (χ2n) is 4.75. The van der Waals surface area contributed by atoms with Crippen molar-refractivity contribution in [3.63, 3.8) is 0 Å². The van der Waals surface area contributed by atoms with Crippen LogP contribution in [0.1, 0.15) is 17.9 Å². The predicted octanol–water partition coefficient (Wildman–Crippen LogP) is 2.66. The van der Waals surface area contributed by atoms with E-state index in [-0.39, 0.29) is 0 Å². The van der Waals surface area contributed by atoms with Crippen molar-refractivity contribution in [3.8, 4) is 0 Å². The first-order valence-electron chi connectivity index (χ1n) is 6.35. The number of nitrogens with zero attached hydrogens (tertiary/aromatic N) is 2. The van der Waals surface area contributed by atoms with E-state index < -0.39 is 0 Å². The molecule has 2 aromatic rings. The number of rotatable bonds is 2. The van der Waals surface area contributed by atoms with Crippen LogP contribution in [0.2, 0.25) is 0 Å². The molecule has 1 unspecified atom stereocenters. The summed E-state index contributed by atoms with van der Waals surface area (Å²) in [5.41, 5.74) is 8.42. The number of hydrogen-bond donors (Lipinski definition) is 1. The summed E-state index contributed by atoms with van der Waals surface area (Å²) < 4.78 is 0. The quantitative estimate of drug-likeness (QED) is 0.876. The summed E-state index contributed by atoms with van der Waals surface area (Å²) in [6, 6.07) is 14.7. The van der Waals surface area contributed by atoms with E-state index in [1.54, 1.807) is 6.20 Å². The monoisotopic (exact) mass is 239 g/mol. The molecular weight excluding hydrogens is 222 g/mol. The molecule has 2 heterocycles. The van der Waals surface area contributed by atoms with Crippen LogP contribution in [-0.2, 0) is 0 Å². The Hall–Kier alpha value is -2.03. The highest BCUT2D eigenvalue weighted by molar-refractivity contribution is 5.63. The van der Waals surface area contributed by atoms with Crippen molar-refractivity contribution in [1.82, 2.24) is 4.98 Å². The molecule has 1 atom stereocenters. The predicted molar refractivity (Wildman–Crippen MR) is 74.7 cm³/mol. The summed E-state index contributed by atoms with van der Waals surface area (Å²) in [5.74, 6) is 1.23. The largest absolute Gasteiger partial charge is 0.382 e. The molecule has 1 saturated heterocycles. The maximum Gasteiger partial charge on any atom is 0.146 e. The van der Waals surface area contributed by atoms with Gasteiger partial charge in [0, 0.05) is 25.2 Å². The lowest BCUT2D eigenvalue weighted by Crippen LogP contribution is -2.20. The molecule has 3 rings (SSSR count). The SMILES string of the molecule is Nc1ncccc1N1CCC(c2ccccc2)C1. The van der Waals surface area contributed by atoms with E-state index in [0.717, 1.165) is 18.8 Å². The van der Waals surface area contributed by atoms with Crippen LogP contribution in [0.15, 0.2) is 48.7 Å². The number of aromatic nitrogens is 1. The highest BCUT2D eigenvalue weighted by atomic mass is 15.2. The van der Waals surface area contributed by atoms with Crippen LogP contribution < -0.4 is 10.6 Å². The van der Waals surface area contributed by atoms with Crippen molar-refractivity contribution in [2.75, 3.05) is 23.7 Å². The highest BCUT2D eigenvalue weighted by Crippen LogP contribution is 2.32. The molecule has 0 saturated carbocycles. The van der Waals surface area contributed by atoms with Gasteiger partial charge in [-0.3, -0.25) is 0 Å². The van der Waals surface area contributed by atoms with Crippen LogP contribution in [0.5, 0.6) is 0 Å². The lowest BCUT2D eigenvalue weighted by atomic mass is 9.99. The van der Waals surface area contributed by atoms with Crippen LogP contribution in [0, 0.1) is 0 Å². The third kappa shape index (κ3) is 2.04. The highest BCUT2D eigenvalue weighted by Gasteiger charge is 2.24. The molecule has 0 aliphatic carbocycles. The van der Waals surface area contributed by atoms with E-state index in [1.165, 1.54) is 12.0 Å². The smallest absolute Gasteiger partial charge is 0.146 e. The average Bonchev–Trinajstić information content (AvgIpc) is 2.90. The molecule has 0 radical (unpaired) electrons. The minimum Gasteiger partial charge on any atom is -0.382 e. The molecule has 1 aromatic carbocycles. The second-order valence-corrected chi connectivity index (χ2v) is 4.75. The number of nitrogen functional groups attached to an aromatic ring is 1. The van der Waals surface area contributed by atoms with Gasteiger partial charge in [0.2, 0.25) is 0 Å². The van der Waals surface area contributed by atoms with Crippen LogP contribution in [-0.4, -0.2) is 18.1 Å². The fourth-order valence-corrected chi connectivity index (χ4v) is 2.65. The number of hydrogen-bond acceptors (Lipinski definition) is 3. The number of nitrogens with two attached hydrogens (primary N) is 1. The van der Waals surface area contributed by atoms with Gasteiger partial charge in [-0.25, -0.2) is 4.98 Å². The lowest BCUT2D eigenvalue weighted by molar-refractivity contribution is 0.775. The van der Waals surface area contributed by atoms with Crippen LogP contribution in [0.25, 0.3) is 0 Å². The normalized spacial score (nSPS) is 19.1. The first-order valence-corrected chi connectivity index (χ1v) is 6.35. The second kappa shape index (κ2) is 4.69. The Bertz CT molecular complexity index is 524. The van der Waals surface area contributed by atoms with Gasteiger partial charge >= 0.3 is 0 Å². The molecular formula is C15H17N3. The van der Waals surface area contributed by atoms with Crippen LogP contribution >= 0.6 is 0 Å². The molecule has 1 aromatic heterocycles. The van der Waals surface area contributed by atoms with Gasteiger partial charge in [0.25, 0.3) is 0 Å². The van der Waals surface area contributed by atoms with Gasteiger partial charge in [-0.15, -0.1) is 0 Å². The van der Waals surface area contributed by atoms with Crippen molar-refractivity contribution in [3.05, 3.63) is 54.2 Å². The lowest BCUT2D eigenvalue weighted by Gasteiger charge is -2.19. The summed E-state index contributed by atoms with van der Waals surface area (Å²) in [7, 11) is 0. The maximum atomic E-state index is 5.93. The third-order valence-electron chi connectivity index (χ3n) is 3.62. The van der Waals surface area contributed by atoms with E-state index in [1.807, 2.05) is 6.07 Å². The van der Waals surface area contributed by atoms with Crippen LogP contribution in [0.4, 0.5) is 11.5 Å². The van der Waals surface area contributed by atoms with Gasteiger partial charge in [-0.1, -0.05) is 30.3 Å². The number of benzene rings is 1. The average molecular weight is 239 g/mol. The van der Waals surface area contributed by atoms with Gasteiger partial charge in [-0.2, -0.15) is 0 Å². The Labute approximate surface area is 107 Å². The van der Waals surface area contributed by atoms with E-state index >= 15 is 0 Å². The minimum absolute atomic E-state index is 0.603. The first kappa shape index (κ1) is 11.1. The zero-order valence-electron chi connectivity index (χ0n) is 10.3. The molecule has 18 heavy (non-hydrogen) atoms. The Kier molecular flexibility index (Phi) is 2.89. The fourth-order valence-electron chi connectivity index (χ4n) is 2.65. The van der Waals surface area contributed by atoms with Crippen molar-refractivity contribution >= 4 is 11.5 Å². The summed E-state index contributed by atoms with van der Waals surface area (Å²) in [6.45, 7) is 2.08. The molecule has 3 heteroatoms. The Morgan fingerprint density at radius 1 is 1.11 bits per heavy atom. The fraction of sp³-hybridized carbons (Fsp3) is 0.267. The number of pyridine rings is 1. The van der Waals surface area contributed by atoms with Gasteiger partial charge in [0.15, 0.2) is 0 Å². The summed E-state index contributed by atoms with van der Waals surface area (Å²) in [6.07, 6.45) is 2.92. The van der Waals surface area contributed by atoms with E-state index in [4.69, 9.17) is 5.73 Å². The third-order valence-corrected chi connectivity index (χ3v) is 3.62. The van der Waals surface area contributed by atoms with E-state index in [9.17, 15) is 0 Å². The molecule has 0 amide bonds. The zero-order valence-corrected chi connectivity index (χ0v) is 10.3. The van der Waals surface area contributed by atoms with Gasteiger partial charge in [0.05, 0.1) is 5.69 Å². The van der Waals surface area contributed by atoms with Gasteiger partial charge < -0.3 is 10.6 Å². The summed E-state index contributed by atoms with van der Waals surface area (Å²) in [5, 5.41) is 0. The van der Waals surface area contributed by atoms with Crippen molar-refractivity contribution in [2.24, 2.45) is 0 Å². The van der Waals surface area contributed by atoms with Gasteiger partial charge in [-0.05, 0) is 24.1 Å². The molecule has 1 aliphatic heterocycles. The minimum atomic E-state index is 0.603. The summed E-state index contributed by atoms with van der Waals surface area (Å²) in [4.78, 5) is 6.49. The topological polar surface area (TPSA) is 42.1 Å². The zero-order chi connectivity index (χ0) is 12.4. The summed E-state index contributed by atoms with van der Waals surface area (Å²) >= 11 is 0. The molecule has 0 bridgehead atoms. The molecule has 2 N–H and O–H groups in total. The number of anilines is 2. The van der Waals surface area contributed by atoms with E-state index in [2.05, 4.69) is 46.3 Å². The molecule has 1 aliphatic rings. The molecule has 3 nitrogen and oxygen atoms in total. The van der Waals surface area contributed by atoms with Crippen molar-refractivity contribution in [1.29, 1.82) is 0 Å². The van der Waals surface area contributed by atoms with E-state index in [0.29, 0.717) is 11.7 Å².